The van der Waals surface area contributed by atoms with Crippen LogP contribution in [0.4, 0.5) is 0 Å². The SMILES string of the molecule is CCC1[C@H](OCNC)C[C@@]2(C)C3CCC4C(C)(C)C(N(C)C)CCC45CC35CCC12C. The van der Waals surface area contributed by atoms with Gasteiger partial charge in [0.2, 0.25) is 0 Å². The van der Waals surface area contributed by atoms with Gasteiger partial charge in [-0.25, -0.2) is 0 Å². The lowest BCUT2D eigenvalue weighted by molar-refractivity contribution is -0.148. The summed E-state index contributed by atoms with van der Waals surface area (Å²) >= 11 is 0. The van der Waals surface area contributed by atoms with Crippen molar-refractivity contribution in [3.63, 3.8) is 0 Å². The van der Waals surface area contributed by atoms with E-state index in [1.807, 2.05) is 7.05 Å². The largest absolute Gasteiger partial charge is 0.363 e. The summed E-state index contributed by atoms with van der Waals surface area (Å²) in [4.78, 5) is 2.54. The van der Waals surface area contributed by atoms with E-state index in [0.717, 1.165) is 23.8 Å². The molecule has 5 fully saturated rings. The molecule has 5 aliphatic carbocycles. The molecule has 0 saturated heterocycles. The van der Waals surface area contributed by atoms with Gasteiger partial charge in [-0.2, -0.15) is 0 Å². The Morgan fingerprint density at radius 3 is 2.23 bits per heavy atom. The summed E-state index contributed by atoms with van der Waals surface area (Å²) in [6.07, 6.45) is 13.3. The number of rotatable bonds is 5. The summed E-state index contributed by atoms with van der Waals surface area (Å²) in [7, 11) is 6.66. The Kier molecular flexibility index (Phi) is 5.08. The molecule has 0 bridgehead atoms. The van der Waals surface area contributed by atoms with Gasteiger partial charge in [0.15, 0.2) is 0 Å². The first-order valence-electron chi connectivity index (χ1n) is 13.5. The molecule has 1 N–H and O–H groups in total. The number of nitrogens with one attached hydrogen (secondary N) is 1. The Morgan fingerprint density at radius 2 is 1.58 bits per heavy atom. The fraction of sp³-hybridized carbons (Fsp3) is 1.00. The Hall–Kier alpha value is -0.120. The van der Waals surface area contributed by atoms with Crippen LogP contribution in [0.5, 0.6) is 0 Å². The van der Waals surface area contributed by atoms with Gasteiger partial charge in [-0.1, -0.05) is 41.0 Å². The zero-order valence-corrected chi connectivity index (χ0v) is 21.8. The quantitative estimate of drug-likeness (QED) is 0.546. The highest BCUT2D eigenvalue weighted by Crippen LogP contribution is 2.89. The third-order valence-corrected chi connectivity index (χ3v) is 12.8. The van der Waals surface area contributed by atoms with Gasteiger partial charge in [-0.3, -0.25) is 5.32 Å². The smallest absolute Gasteiger partial charge is 0.0966 e. The Balaban J connectivity index is 1.48. The molecule has 5 rings (SSSR count). The van der Waals surface area contributed by atoms with Crippen LogP contribution in [-0.4, -0.2) is 44.9 Å². The zero-order valence-electron chi connectivity index (χ0n) is 21.8. The second-order valence-electron chi connectivity index (χ2n) is 13.8. The third kappa shape index (κ3) is 2.58. The predicted octanol–water partition coefficient (Wildman–Crippen LogP) is 5.94. The Bertz CT molecular complexity index is 720. The maximum Gasteiger partial charge on any atom is 0.0966 e. The number of hydrogen-bond donors (Lipinski definition) is 1. The van der Waals surface area contributed by atoms with Crippen LogP contribution >= 0.6 is 0 Å². The summed E-state index contributed by atoms with van der Waals surface area (Å²) in [5.41, 5.74) is 2.64. The fourth-order valence-electron chi connectivity index (χ4n) is 11.5. The van der Waals surface area contributed by atoms with Crippen LogP contribution in [0.1, 0.15) is 92.4 Å². The summed E-state index contributed by atoms with van der Waals surface area (Å²) in [6, 6.07) is 0.747. The number of nitrogens with zero attached hydrogens (tertiary/aromatic N) is 1. The molecule has 0 heterocycles. The third-order valence-electron chi connectivity index (χ3n) is 12.8. The standard InChI is InChI=1S/C28H50N2O/c1-9-19-20(31-18-29-6)16-26(5)22-11-10-21-24(2,3)23(30(7)8)12-13-27(21)17-28(22,27)15-14-25(19,26)4/h19-23,29H,9-18H2,1-8H3/t19?,20-,21?,22?,23?,25?,26+,27?,28?/m1/s1. The molecule has 2 spiro atoms. The van der Waals surface area contributed by atoms with Gasteiger partial charge in [-0.05, 0) is 117 Å². The van der Waals surface area contributed by atoms with E-state index in [0.29, 0.717) is 39.9 Å². The molecule has 3 heteroatoms. The summed E-state index contributed by atoms with van der Waals surface area (Å²) in [6.45, 7) is 13.7. The highest BCUT2D eigenvalue weighted by molar-refractivity contribution is 5.31. The first-order chi connectivity index (χ1) is 14.5. The lowest BCUT2D eigenvalue weighted by Crippen LogP contribution is -2.59. The van der Waals surface area contributed by atoms with Crippen molar-refractivity contribution in [2.75, 3.05) is 27.9 Å². The van der Waals surface area contributed by atoms with Crippen LogP contribution in [0.25, 0.3) is 0 Å². The molecular weight excluding hydrogens is 380 g/mol. The van der Waals surface area contributed by atoms with Crippen molar-refractivity contribution in [3.05, 3.63) is 0 Å². The first-order valence-corrected chi connectivity index (χ1v) is 13.5. The van der Waals surface area contributed by atoms with E-state index in [2.05, 4.69) is 58.9 Å². The molecule has 9 atom stereocenters. The van der Waals surface area contributed by atoms with E-state index >= 15 is 0 Å². The van der Waals surface area contributed by atoms with Gasteiger partial charge in [0.05, 0.1) is 12.8 Å². The normalized spacial score (nSPS) is 54.7. The monoisotopic (exact) mass is 430 g/mol. The molecule has 0 aliphatic heterocycles. The molecule has 7 unspecified atom stereocenters. The van der Waals surface area contributed by atoms with E-state index < -0.39 is 0 Å². The van der Waals surface area contributed by atoms with Crippen molar-refractivity contribution >= 4 is 0 Å². The van der Waals surface area contributed by atoms with Crippen LogP contribution in [-0.2, 0) is 4.74 Å². The molecule has 0 aromatic heterocycles. The van der Waals surface area contributed by atoms with Gasteiger partial charge >= 0.3 is 0 Å². The lowest BCUT2D eigenvalue weighted by atomic mass is 9.42. The van der Waals surface area contributed by atoms with E-state index in [4.69, 9.17) is 4.74 Å². The summed E-state index contributed by atoms with van der Waals surface area (Å²) in [5, 5.41) is 3.25. The Morgan fingerprint density at radius 1 is 0.903 bits per heavy atom. The van der Waals surface area contributed by atoms with Crippen LogP contribution in [0.15, 0.2) is 0 Å². The van der Waals surface area contributed by atoms with Crippen LogP contribution in [0.2, 0.25) is 0 Å². The average Bonchev–Trinajstić information content (AvgIpc) is 3.30. The van der Waals surface area contributed by atoms with Gasteiger partial charge in [0.1, 0.15) is 0 Å². The van der Waals surface area contributed by atoms with Crippen molar-refractivity contribution in [1.29, 1.82) is 0 Å². The van der Waals surface area contributed by atoms with Gasteiger partial charge in [0.25, 0.3) is 0 Å². The molecule has 3 nitrogen and oxygen atoms in total. The van der Waals surface area contributed by atoms with E-state index in [1.165, 1.54) is 51.4 Å². The molecule has 5 aliphatic rings. The molecule has 0 aromatic carbocycles. The van der Waals surface area contributed by atoms with Crippen molar-refractivity contribution in [1.82, 2.24) is 10.2 Å². The second-order valence-corrected chi connectivity index (χ2v) is 13.8. The van der Waals surface area contributed by atoms with E-state index in [1.54, 1.807) is 6.42 Å². The van der Waals surface area contributed by atoms with Crippen LogP contribution in [0, 0.1) is 44.8 Å². The highest BCUT2D eigenvalue weighted by atomic mass is 16.5. The van der Waals surface area contributed by atoms with Gasteiger partial charge in [-0.15, -0.1) is 0 Å². The fourth-order valence-corrected chi connectivity index (χ4v) is 11.5. The molecule has 5 saturated carbocycles. The second kappa shape index (κ2) is 6.95. The van der Waals surface area contributed by atoms with E-state index in [9.17, 15) is 0 Å². The van der Waals surface area contributed by atoms with Gasteiger partial charge < -0.3 is 9.64 Å². The topological polar surface area (TPSA) is 24.5 Å². The molecule has 0 amide bonds. The predicted molar refractivity (Wildman–Crippen MR) is 129 cm³/mol. The van der Waals surface area contributed by atoms with Crippen molar-refractivity contribution < 1.29 is 4.74 Å². The zero-order chi connectivity index (χ0) is 22.4. The number of fused-ring (bicyclic) bond motifs is 2. The number of ether oxygens (including phenoxy) is 1. The minimum atomic E-state index is 0.441. The average molecular weight is 431 g/mol. The minimum Gasteiger partial charge on any atom is -0.363 e. The molecule has 178 valence electrons. The minimum absolute atomic E-state index is 0.441. The van der Waals surface area contributed by atoms with Crippen molar-refractivity contribution in [2.45, 2.75) is 105 Å². The Labute approximate surface area is 192 Å². The summed E-state index contributed by atoms with van der Waals surface area (Å²) < 4.78 is 6.47. The van der Waals surface area contributed by atoms with Gasteiger partial charge in [0, 0.05) is 6.04 Å². The molecule has 31 heavy (non-hydrogen) atoms. The van der Waals surface area contributed by atoms with Crippen LogP contribution in [0.3, 0.4) is 0 Å². The molecule has 0 aromatic rings. The van der Waals surface area contributed by atoms with E-state index in [-0.39, 0.29) is 0 Å². The van der Waals surface area contributed by atoms with Crippen molar-refractivity contribution in [2.24, 2.45) is 44.8 Å². The first kappa shape index (κ1) is 22.7. The highest BCUT2D eigenvalue weighted by Gasteiger charge is 2.82. The van der Waals surface area contributed by atoms with Crippen molar-refractivity contribution in [3.8, 4) is 0 Å². The summed E-state index contributed by atoms with van der Waals surface area (Å²) in [5.74, 6) is 2.56. The molecular formula is C28H50N2O. The van der Waals surface area contributed by atoms with Crippen LogP contribution < -0.4 is 5.32 Å². The lowest BCUT2D eigenvalue weighted by Gasteiger charge is -2.63. The maximum absolute atomic E-state index is 6.47. The molecule has 0 radical (unpaired) electrons. The maximum atomic E-state index is 6.47. The number of hydrogen-bond acceptors (Lipinski definition) is 3.